The molecule has 2 heterocycles. The number of carbonyl (C=O) groups excluding carboxylic acids is 1. The summed E-state index contributed by atoms with van der Waals surface area (Å²) in [6.07, 6.45) is 1.66. The summed E-state index contributed by atoms with van der Waals surface area (Å²) in [4.78, 5) is 15.0. The molecule has 1 aromatic heterocycles. The number of nitrogens with zero attached hydrogens (tertiary/aromatic N) is 3. The molecule has 2 aromatic carbocycles. The second kappa shape index (κ2) is 9.76. The van der Waals surface area contributed by atoms with E-state index in [1.807, 2.05) is 57.2 Å². The van der Waals surface area contributed by atoms with E-state index in [-0.39, 0.29) is 5.57 Å². The van der Waals surface area contributed by atoms with Crippen molar-refractivity contribution in [3.8, 4) is 11.8 Å². The Bertz CT molecular complexity index is 1210. The lowest BCUT2D eigenvalue weighted by Crippen LogP contribution is -2.36. The largest absolute Gasteiger partial charge is 0.378 e. The van der Waals surface area contributed by atoms with E-state index in [2.05, 4.69) is 39.0 Å². The van der Waals surface area contributed by atoms with Gasteiger partial charge in [0.1, 0.15) is 11.6 Å². The Hall–Kier alpha value is -3.82. The van der Waals surface area contributed by atoms with E-state index in [1.165, 1.54) is 5.69 Å². The highest BCUT2D eigenvalue weighted by Crippen LogP contribution is 2.25. The fourth-order valence-corrected chi connectivity index (χ4v) is 4.10. The number of anilines is 2. The predicted molar refractivity (Wildman–Crippen MR) is 132 cm³/mol. The molecule has 0 bridgehead atoms. The molecule has 6 heteroatoms. The number of nitriles is 1. The molecule has 3 aromatic rings. The molecule has 0 aliphatic carbocycles. The summed E-state index contributed by atoms with van der Waals surface area (Å²) in [7, 11) is 0. The number of aryl methyl sites for hydroxylation is 2. The zero-order chi connectivity index (χ0) is 23.4. The number of rotatable bonds is 5. The summed E-state index contributed by atoms with van der Waals surface area (Å²) >= 11 is 0. The lowest BCUT2D eigenvalue weighted by Gasteiger charge is -2.29. The number of ether oxygens (including phenoxy) is 1. The minimum atomic E-state index is -0.416. The Morgan fingerprint density at radius 2 is 1.64 bits per heavy atom. The van der Waals surface area contributed by atoms with Crippen molar-refractivity contribution in [1.29, 1.82) is 5.26 Å². The van der Waals surface area contributed by atoms with Gasteiger partial charge in [-0.05, 0) is 74.9 Å². The molecule has 1 N–H and O–H groups in total. The molecule has 168 valence electrons. The summed E-state index contributed by atoms with van der Waals surface area (Å²) in [5, 5.41) is 12.4. The monoisotopic (exact) mass is 440 g/mol. The topological polar surface area (TPSA) is 70.3 Å². The van der Waals surface area contributed by atoms with Crippen LogP contribution in [0.4, 0.5) is 11.4 Å². The van der Waals surface area contributed by atoms with Crippen molar-refractivity contribution in [2.45, 2.75) is 20.8 Å². The molecule has 0 radical (unpaired) electrons. The number of aromatic nitrogens is 1. The van der Waals surface area contributed by atoms with Gasteiger partial charge in [0.25, 0.3) is 5.91 Å². The molecule has 6 nitrogen and oxygen atoms in total. The minimum Gasteiger partial charge on any atom is -0.378 e. The summed E-state index contributed by atoms with van der Waals surface area (Å²) in [5.41, 5.74) is 6.93. The van der Waals surface area contributed by atoms with Crippen LogP contribution >= 0.6 is 0 Å². The maximum Gasteiger partial charge on any atom is 0.266 e. The molecule has 0 saturated carbocycles. The number of hydrogen-bond acceptors (Lipinski definition) is 4. The van der Waals surface area contributed by atoms with Crippen LogP contribution in [0.5, 0.6) is 0 Å². The maximum atomic E-state index is 12.7. The predicted octanol–water partition coefficient (Wildman–Crippen LogP) is 4.78. The summed E-state index contributed by atoms with van der Waals surface area (Å²) in [6.45, 7) is 9.32. The molecule has 1 fully saturated rings. The molecule has 1 aliphatic heterocycles. The van der Waals surface area contributed by atoms with Crippen molar-refractivity contribution in [3.05, 3.63) is 82.7 Å². The van der Waals surface area contributed by atoms with Crippen molar-refractivity contribution in [1.82, 2.24) is 4.57 Å². The van der Waals surface area contributed by atoms with Gasteiger partial charge in [0.05, 0.1) is 13.2 Å². The number of amides is 1. The minimum absolute atomic E-state index is 0.0680. The molecular formula is C27H28N4O2. The van der Waals surface area contributed by atoms with Gasteiger partial charge in [0.2, 0.25) is 0 Å². The first-order chi connectivity index (χ1) is 16.0. The Morgan fingerprint density at radius 1 is 1.00 bits per heavy atom. The third-order valence-electron chi connectivity index (χ3n) is 5.93. The van der Waals surface area contributed by atoms with Crippen LogP contribution in [-0.2, 0) is 9.53 Å². The van der Waals surface area contributed by atoms with E-state index in [0.29, 0.717) is 5.69 Å². The molecule has 33 heavy (non-hydrogen) atoms. The first-order valence-corrected chi connectivity index (χ1v) is 11.1. The second-order valence-electron chi connectivity index (χ2n) is 8.27. The summed E-state index contributed by atoms with van der Waals surface area (Å²) < 4.78 is 7.58. The molecule has 0 atom stereocenters. The molecular weight excluding hydrogens is 412 g/mol. The maximum absolute atomic E-state index is 12.7. The first-order valence-electron chi connectivity index (χ1n) is 11.1. The average Bonchev–Trinajstić information content (AvgIpc) is 3.12. The summed E-state index contributed by atoms with van der Waals surface area (Å²) in [5.74, 6) is -0.416. The fourth-order valence-electron chi connectivity index (χ4n) is 4.10. The lowest BCUT2D eigenvalue weighted by atomic mass is 10.1. The average molecular weight is 441 g/mol. The number of carbonyl (C=O) groups is 1. The Labute approximate surface area is 194 Å². The lowest BCUT2D eigenvalue weighted by molar-refractivity contribution is -0.112. The van der Waals surface area contributed by atoms with Crippen LogP contribution in [0.2, 0.25) is 0 Å². The van der Waals surface area contributed by atoms with Crippen LogP contribution < -0.4 is 10.2 Å². The first kappa shape index (κ1) is 22.4. The Kier molecular flexibility index (Phi) is 6.62. The van der Waals surface area contributed by atoms with Crippen LogP contribution in [0.25, 0.3) is 11.8 Å². The molecule has 0 unspecified atom stereocenters. The van der Waals surface area contributed by atoms with Crippen LogP contribution in [0.1, 0.15) is 22.5 Å². The number of nitrogens with one attached hydrogen (secondary N) is 1. The van der Waals surface area contributed by atoms with Gasteiger partial charge in [-0.1, -0.05) is 17.7 Å². The quantitative estimate of drug-likeness (QED) is 0.458. The van der Waals surface area contributed by atoms with Gasteiger partial charge in [0, 0.05) is 41.5 Å². The third kappa shape index (κ3) is 5.00. The van der Waals surface area contributed by atoms with Gasteiger partial charge in [-0.3, -0.25) is 4.79 Å². The van der Waals surface area contributed by atoms with E-state index >= 15 is 0 Å². The van der Waals surface area contributed by atoms with Crippen LogP contribution in [0.15, 0.2) is 60.2 Å². The van der Waals surface area contributed by atoms with Crippen molar-refractivity contribution in [2.75, 3.05) is 36.5 Å². The molecule has 1 saturated heterocycles. The number of benzene rings is 2. The van der Waals surface area contributed by atoms with E-state index in [4.69, 9.17) is 4.74 Å². The van der Waals surface area contributed by atoms with Crippen molar-refractivity contribution in [2.24, 2.45) is 0 Å². The zero-order valence-electron chi connectivity index (χ0n) is 19.3. The van der Waals surface area contributed by atoms with Crippen LogP contribution in [-0.4, -0.2) is 36.8 Å². The smallest absolute Gasteiger partial charge is 0.266 e. The highest BCUT2D eigenvalue weighted by Gasteiger charge is 2.15. The summed E-state index contributed by atoms with van der Waals surface area (Å²) in [6, 6.07) is 20.0. The Morgan fingerprint density at radius 3 is 2.27 bits per heavy atom. The van der Waals surface area contributed by atoms with Crippen molar-refractivity contribution >= 4 is 23.4 Å². The van der Waals surface area contributed by atoms with E-state index < -0.39 is 5.91 Å². The third-order valence-corrected chi connectivity index (χ3v) is 5.93. The van der Waals surface area contributed by atoms with E-state index in [1.54, 1.807) is 6.08 Å². The van der Waals surface area contributed by atoms with Gasteiger partial charge < -0.3 is 19.5 Å². The van der Waals surface area contributed by atoms with Gasteiger partial charge in [-0.2, -0.15) is 5.26 Å². The highest BCUT2D eigenvalue weighted by molar-refractivity contribution is 6.09. The van der Waals surface area contributed by atoms with Gasteiger partial charge in [-0.25, -0.2) is 0 Å². The molecule has 1 aliphatic rings. The normalized spacial score (nSPS) is 14.1. The zero-order valence-corrected chi connectivity index (χ0v) is 19.3. The highest BCUT2D eigenvalue weighted by atomic mass is 16.5. The van der Waals surface area contributed by atoms with E-state index in [0.717, 1.165) is 54.5 Å². The van der Waals surface area contributed by atoms with Crippen LogP contribution in [0, 0.1) is 32.1 Å². The van der Waals surface area contributed by atoms with Gasteiger partial charge in [0.15, 0.2) is 0 Å². The fraction of sp³-hybridized carbons (Fsp3) is 0.259. The van der Waals surface area contributed by atoms with Crippen molar-refractivity contribution < 1.29 is 9.53 Å². The SMILES string of the molecule is Cc1ccc(NC(=O)/C(C#N)=C/c2cc(C)n(-c3ccc(N4CCOCC4)cc3)c2C)cc1. The molecule has 4 rings (SSSR count). The van der Waals surface area contributed by atoms with Gasteiger partial charge in [-0.15, -0.1) is 0 Å². The standard InChI is InChI=1S/C27H28N4O2/c1-19-4-6-24(7-5-19)29-27(32)23(18-28)17-22-16-20(2)31(21(22)3)26-10-8-25(9-11-26)30-12-14-33-15-13-30/h4-11,16-17H,12-15H2,1-3H3,(H,29,32)/b23-17+. The van der Waals surface area contributed by atoms with Crippen LogP contribution in [0.3, 0.4) is 0 Å². The van der Waals surface area contributed by atoms with Crippen molar-refractivity contribution in [3.63, 3.8) is 0 Å². The molecule has 0 spiro atoms. The molecule has 1 amide bonds. The number of hydrogen-bond donors (Lipinski definition) is 1. The second-order valence-corrected chi connectivity index (χ2v) is 8.27. The van der Waals surface area contributed by atoms with E-state index in [9.17, 15) is 10.1 Å². The Balaban J connectivity index is 1.57. The van der Waals surface area contributed by atoms with Gasteiger partial charge >= 0.3 is 0 Å². The number of morpholine rings is 1.